The van der Waals surface area contributed by atoms with Gasteiger partial charge in [-0.05, 0) is 51.0 Å². The largest absolute Gasteiger partial charge is 0.243 e. The summed E-state index contributed by atoms with van der Waals surface area (Å²) in [6.45, 7) is 4.65. The van der Waals surface area contributed by atoms with E-state index in [0.29, 0.717) is 11.4 Å². The minimum absolute atomic E-state index is 0.0255. The van der Waals surface area contributed by atoms with E-state index in [-0.39, 0.29) is 6.04 Å². The number of thiophene rings is 1. The van der Waals surface area contributed by atoms with E-state index in [1.807, 2.05) is 19.1 Å². The fourth-order valence-corrected chi connectivity index (χ4v) is 5.90. The van der Waals surface area contributed by atoms with Crippen molar-refractivity contribution in [3.63, 3.8) is 0 Å². The van der Waals surface area contributed by atoms with Crippen LogP contribution in [0, 0.1) is 13.8 Å². The quantitative estimate of drug-likeness (QED) is 0.807. The molecule has 1 fully saturated rings. The van der Waals surface area contributed by atoms with Crippen LogP contribution < -0.4 is 0 Å². The van der Waals surface area contributed by atoms with E-state index in [4.69, 9.17) is 0 Å². The molecule has 0 aliphatic carbocycles. The SMILES string of the molecule is Cc1ccc(S(=O)(=O)N2CCCCC[C@@H]2c2ccc(C)s2)cc1. The molecule has 3 rings (SSSR count). The van der Waals surface area contributed by atoms with Crippen LogP contribution in [0.25, 0.3) is 0 Å². The van der Waals surface area contributed by atoms with Crippen molar-refractivity contribution in [3.8, 4) is 0 Å². The Kier molecular flexibility index (Phi) is 4.90. The van der Waals surface area contributed by atoms with Gasteiger partial charge in [0.1, 0.15) is 0 Å². The van der Waals surface area contributed by atoms with E-state index in [2.05, 4.69) is 19.1 Å². The zero-order valence-electron chi connectivity index (χ0n) is 13.7. The van der Waals surface area contributed by atoms with Crippen molar-refractivity contribution >= 4 is 21.4 Å². The second-order valence-electron chi connectivity index (χ2n) is 6.24. The van der Waals surface area contributed by atoms with Crippen LogP contribution in [0.4, 0.5) is 0 Å². The number of sulfonamides is 1. The minimum Gasteiger partial charge on any atom is -0.207 e. The molecule has 2 heterocycles. The lowest BCUT2D eigenvalue weighted by atomic mass is 10.1. The topological polar surface area (TPSA) is 37.4 Å². The average Bonchev–Trinajstić information content (AvgIpc) is 2.80. The predicted octanol–water partition coefficient (Wildman–Crippen LogP) is 4.67. The third kappa shape index (κ3) is 3.52. The highest BCUT2D eigenvalue weighted by atomic mass is 32.2. The number of hydrogen-bond acceptors (Lipinski definition) is 3. The Hall–Kier alpha value is -1.17. The Morgan fingerprint density at radius 1 is 1.00 bits per heavy atom. The van der Waals surface area contributed by atoms with Crippen molar-refractivity contribution in [3.05, 3.63) is 51.7 Å². The fourth-order valence-electron chi connectivity index (χ4n) is 3.13. The van der Waals surface area contributed by atoms with E-state index < -0.39 is 10.0 Å². The molecule has 0 spiro atoms. The molecule has 0 bridgehead atoms. The average molecular weight is 350 g/mol. The van der Waals surface area contributed by atoms with E-state index in [0.717, 1.165) is 31.2 Å². The van der Waals surface area contributed by atoms with Gasteiger partial charge >= 0.3 is 0 Å². The molecule has 1 aromatic carbocycles. The highest BCUT2D eigenvalue weighted by Crippen LogP contribution is 2.37. The number of nitrogens with zero attached hydrogens (tertiary/aromatic N) is 1. The van der Waals surface area contributed by atoms with Gasteiger partial charge in [-0.15, -0.1) is 11.3 Å². The van der Waals surface area contributed by atoms with Crippen LogP contribution in [0.15, 0.2) is 41.3 Å². The smallest absolute Gasteiger partial charge is 0.207 e. The molecule has 0 N–H and O–H groups in total. The zero-order valence-corrected chi connectivity index (χ0v) is 15.3. The lowest BCUT2D eigenvalue weighted by molar-refractivity contribution is 0.333. The first-order chi connectivity index (χ1) is 11.0. The normalized spacial score (nSPS) is 20.3. The predicted molar refractivity (Wildman–Crippen MR) is 95.3 cm³/mol. The van der Waals surface area contributed by atoms with Gasteiger partial charge in [-0.25, -0.2) is 8.42 Å². The summed E-state index contributed by atoms with van der Waals surface area (Å²) in [6.07, 6.45) is 4.03. The van der Waals surface area contributed by atoms with Gasteiger partial charge in [-0.2, -0.15) is 4.31 Å². The third-order valence-corrected chi connectivity index (χ3v) is 7.45. The lowest BCUT2D eigenvalue weighted by Gasteiger charge is -2.28. The van der Waals surface area contributed by atoms with Crippen LogP contribution in [0.2, 0.25) is 0 Å². The Morgan fingerprint density at radius 3 is 2.39 bits per heavy atom. The molecular formula is C18H23NO2S2. The van der Waals surface area contributed by atoms with E-state index >= 15 is 0 Å². The fraction of sp³-hybridized carbons (Fsp3) is 0.444. The molecular weight excluding hydrogens is 326 g/mol. The number of hydrogen-bond donors (Lipinski definition) is 0. The van der Waals surface area contributed by atoms with Crippen LogP contribution in [-0.4, -0.2) is 19.3 Å². The molecule has 5 heteroatoms. The van der Waals surface area contributed by atoms with Crippen LogP contribution in [0.5, 0.6) is 0 Å². The Morgan fingerprint density at radius 2 is 1.74 bits per heavy atom. The van der Waals surface area contributed by atoms with Gasteiger partial charge in [-0.3, -0.25) is 0 Å². The van der Waals surface area contributed by atoms with Gasteiger partial charge in [0.2, 0.25) is 10.0 Å². The molecule has 0 amide bonds. The second kappa shape index (κ2) is 6.75. The van der Waals surface area contributed by atoms with E-state index in [1.165, 1.54) is 9.75 Å². The maximum absolute atomic E-state index is 13.2. The zero-order chi connectivity index (χ0) is 16.4. The van der Waals surface area contributed by atoms with Crippen molar-refractivity contribution in [2.75, 3.05) is 6.54 Å². The molecule has 1 atom stereocenters. The van der Waals surface area contributed by atoms with Crippen LogP contribution in [0.3, 0.4) is 0 Å². The summed E-state index contributed by atoms with van der Waals surface area (Å²) in [6, 6.07) is 11.3. The third-order valence-electron chi connectivity index (χ3n) is 4.42. The van der Waals surface area contributed by atoms with Crippen LogP contribution >= 0.6 is 11.3 Å². The maximum Gasteiger partial charge on any atom is 0.243 e. The Labute approximate surface area is 143 Å². The van der Waals surface area contributed by atoms with Gasteiger partial charge in [0.05, 0.1) is 10.9 Å². The number of rotatable bonds is 3. The summed E-state index contributed by atoms with van der Waals surface area (Å²) in [5, 5.41) is 0. The van der Waals surface area contributed by atoms with E-state index in [1.54, 1.807) is 27.8 Å². The molecule has 1 aromatic heterocycles. The summed E-state index contributed by atoms with van der Waals surface area (Å²) in [7, 11) is -3.45. The summed E-state index contributed by atoms with van der Waals surface area (Å²) in [4.78, 5) is 2.81. The molecule has 1 aliphatic heterocycles. The minimum atomic E-state index is -3.45. The molecule has 23 heavy (non-hydrogen) atoms. The van der Waals surface area contributed by atoms with Crippen molar-refractivity contribution < 1.29 is 8.42 Å². The summed E-state index contributed by atoms with van der Waals surface area (Å²) < 4.78 is 28.1. The first-order valence-electron chi connectivity index (χ1n) is 8.13. The van der Waals surface area contributed by atoms with Gasteiger partial charge in [0.15, 0.2) is 0 Å². The number of benzene rings is 1. The molecule has 0 saturated carbocycles. The van der Waals surface area contributed by atoms with Crippen molar-refractivity contribution in [1.29, 1.82) is 0 Å². The first kappa shape index (κ1) is 16.7. The molecule has 1 saturated heterocycles. The maximum atomic E-state index is 13.2. The van der Waals surface area contributed by atoms with Crippen molar-refractivity contribution in [1.82, 2.24) is 4.31 Å². The standard InChI is InChI=1S/C18H23NO2S2/c1-14-7-10-16(11-8-14)23(20,21)19-13-5-3-4-6-17(19)18-12-9-15(2)22-18/h7-12,17H,3-6,13H2,1-2H3/t17-/m1/s1. The Balaban J connectivity index is 2.00. The van der Waals surface area contributed by atoms with Crippen LogP contribution in [-0.2, 0) is 10.0 Å². The van der Waals surface area contributed by atoms with Crippen molar-refractivity contribution in [2.45, 2.75) is 50.5 Å². The Bertz CT molecular complexity index is 763. The monoisotopic (exact) mass is 349 g/mol. The molecule has 3 nitrogen and oxygen atoms in total. The van der Waals surface area contributed by atoms with E-state index in [9.17, 15) is 8.42 Å². The highest BCUT2D eigenvalue weighted by Gasteiger charge is 2.33. The van der Waals surface area contributed by atoms with Crippen LogP contribution in [0.1, 0.15) is 47.0 Å². The van der Waals surface area contributed by atoms with Gasteiger partial charge in [0, 0.05) is 16.3 Å². The lowest BCUT2D eigenvalue weighted by Crippen LogP contribution is -2.34. The second-order valence-corrected chi connectivity index (χ2v) is 9.45. The highest BCUT2D eigenvalue weighted by molar-refractivity contribution is 7.89. The number of aryl methyl sites for hydroxylation is 2. The van der Waals surface area contributed by atoms with Crippen molar-refractivity contribution in [2.24, 2.45) is 0 Å². The summed E-state index contributed by atoms with van der Waals surface area (Å²) >= 11 is 1.71. The van der Waals surface area contributed by atoms with Gasteiger partial charge < -0.3 is 0 Å². The van der Waals surface area contributed by atoms with Gasteiger partial charge in [-0.1, -0.05) is 30.5 Å². The summed E-state index contributed by atoms with van der Waals surface area (Å²) in [5.74, 6) is 0. The summed E-state index contributed by atoms with van der Waals surface area (Å²) in [5.41, 5.74) is 1.07. The molecule has 2 aromatic rings. The molecule has 0 unspecified atom stereocenters. The van der Waals surface area contributed by atoms with Gasteiger partial charge in [0.25, 0.3) is 0 Å². The molecule has 0 radical (unpaired) electrons. The molecule has 1 aliphatic rings. The molecule has 124 valence electrons. The first-order valence-corrected chi connectivity index (χ1v) is 10.4.